The van der Waals surface area contributed by atoms with Crippen molar-refractivity contribution in [3.05, 3.63) is 88.7 Å². The van der Waals surface area contributed by atoms with Crippen LogP contribution in [0.3, 0.4) is 0 Å². The Morgan fingerprint density at radius 1 is 0.808 bits per heavy atom. The summed E-state index contributed by atoms with van der Waals surface area (Å²) in [6.07, 6.45) is -4.36. The Morgan fingerprint density at radius 2 is 1.54 bits per heavy atom. The van der Waals surface area contributed by atoms with Gasteiger partial charge in [-0.1, -0.05) is 47.9 Å². The standard InChI is InChI=1S/C20H12F3NOS/c21-20(22,23)15-10-8-13(9-11-15)14-4-3-5-16(12-14)24-19(25)17-6-1-2-7-18(17)26-24/h1-12H. The maximum Gasteiger partial charge on any atom is 0.416 e. The third kappa shape index (κ3) is 2.93. The fourth-order valence-electron chi connectivity index (χ4n) is 2.81. The number of fused-ring (bicyclic) bond motifs is 1. The number of alkyl halides is 3. The van der Waals surface area contributed by atoms with Gasteiger partial charge >= 0.3 is 6.18 Å². The summed E-state index contributed by atoms with van der Waals surface area (Å²) in [5.41, 5.74) is 1.32. The van der Waals surface area contributed by atoms with Crippen molar-refractivity contribution >= 4 is 21.6 Å². The van der Waals surface area contributed by atoms with Gasteiger partial charge in [-0.2, -0.15) is 13.2 Å². The molecule has 1 heterocycles. The second kappa shape index (κ2) is 6.14. The van der Waals surface area contributed by atoms with Crippen LogP contribution in [0.1, 0.15) is 5.56 Å². The number of aromatic nitrogens is 1. The first kappa shape index (κ1) is 16.6. The number of hydrogen-bond acceptors (Lipinski definition) is 2. The van der Waals surface area contributed by atoms with Crippen LogP contribution in [-0.4, -0.2) is 3.96 Å². The summed E-state index contributed by atoms with van der Waals surface area (Å²) in [6.45, 7) is 0. The van der Waals surface area contributed by atoms with Crippen molar-refractivity contribution in [2.45, 2.75) is 6.18 Å². The molecule has 26 heavy (non-hydrogen) atoms. The Kier molecular flexibility index (Phi) is 3.92. The van der Waals surface area contributed by atoms with Gasteiger partial charge in [0.1, 0.15) is 0 Å². The van der Waals surface area contributed by atoms with Gasteiger partial charge in [0.15, 0.2) is 0 Å². The molecular formula is C20H12F3NOS. The quantitative estimate of drug-likeness (QED) is 0.440. The molecule has 130 valence electrons. The molecule has 4 aromatic rings. The molecule has 2 nitrogen and oxygen atoms in total. The Bertz CT molecular complexity index is 1140. The monoisotopic (exact) mass is 371 g/mol. The zero-order valence-corrected chi connectivity index (χ0v) is 14.1. The fourth-order valence-corrected chi connectivity index (χ4v) is 3.80. The van der Waals surface area contributed by atoms with Crippen molar-refractivity contribution in [1.29, 1.82) is 0 Å². The predicted octanol–water partition coefficient (Wildman–Crippen LogP) is 5.74. The minimum atomic E-state index is -4.36. The van der Waals surface area contributed by atoms with Crippen LogP contribution < -0.4 is 5.56 Å². The highest BCUT2D eigenvalue weighted by atomic mass is 32.1. The molecule has 0 spiro atoms. The summed E-state index contributed by atoms with van der Waals surface area (Å²) in [7, 11) is 0. The summed E-state index contributed by atoms with van der Waals surface area (Å²) in [5.74, 6) is 0. The Hall–Kier alpha value is -2.86. The molecule has 0 aliphatic heterocycles. The maximum atomic E-state index is 12.7. The number of nitrogens with zero attached hydrogens (tertiary/aromatic N) is 1. The molecule has 0 saturated carbocycles. The van der Waals surface area contributed by atoms with Crippen LogP contribution in [0, 0.1) is 0 Å². The number of rotatable bonds is 2. The second-order valence-corrected chi connectivity index (χ2v) is 6.80. The highest BCUT2D eigenvalue weighted by Crippen LogP contribution is 2.31. The van der Waals surface area contributed by atoms with E-state index in [1.165, 1.54) is 23.7 Å². The van der Waals surface area contributed by atoms with E-state index in [0.29, 0.717) is 16.6 Å². The van der Waals surface area contributed by atoms with Crippen molar-refractivity contribution in [3.63, 3.8) is 0 Å². The third-order valence-corrected chi connectivity index (χ3v) is 5.23. The number of hydrogen-bond donors (Lipinski definition) is 0. The Labute approximate surface area is 150 Å². The molecule has 0 fully saturated rings. The number of halogens is 3. The van der Waals surface area contributed by atoms with Gasteiger partial charge < -0.3 is 0 Å². The molecule has 0 saturated heterocycles. The van der Waals surface area contributed by atoms with Crippen molar-refractivity contribution in [2.75, 3.05) is 0 Å². The largest absolute Gasteiger partial charge is 0.416 e. The SMILES string of the molecule is O=c1c2ccccc2sn1-c1cccc(-c2ccc(C(F)(F)F)cc2)c1. The van der Waals surface area contributed by atoms with E-state index in [-0.39, 0.29) is 5.56 Å². The molecule has 0 N–H and O–H groups in total. The molecule has 0 aliphatic rings. The van der Waals surface area contributed by atoms with Crippen LogP contribution in [0.15, 0.2) is 77.6 Å². The smallest absolute Gasteiger partial charge is 0.267 e. The summed E-state index contributed by atoms with van der Waals surface area (Å²) in [6, 6.07) is 19.6. The van der Waals surface area contributed by atoms with E-state index in [1.54, 1.807) is 22.2 Å². The summed E-state index contributed by atoms with van der Waals surface area (Å²) >= 11 is 1.34. The lowest BCUT2D eigenvalue weighted by Crippen LogP contribution is -2.10. The summed E-state index contributed by atoms with van der Waals surface area (Å²) in [5, 5.41) is 0.650. The normalized spacial score (nSPS) is 11.8. The van der Waals surface area contributed by atoms with E-state index in [2.05, 4.69) is 0 Å². The Balaban J connectivity index is 1.77. The van der Waals surface area contributed by atoms with Crippen molar-refractivity contribution in [3.8, 4) is 16.8 Å². The lowest BCUT2D eigenvalue weighted by atomic mass is 10.0. The number of benzene rings is 3. The van der Waals surface area contributed by atoms with Crippen LogP contribution in [0.5, 0.6) is 0 Å². The van der Waals surface area contributed by atoms with Crippen LogP contribution in [0.25, 0.3) is 26.9 Å². The van der Waals surface area contributed by atoms with E-state index >= 15 is 0 Å². The van der Waals surface area contributed by atoms with Gasteiger partial charge in [-0.15, -0.1) is 0 Å². The van der Waals surface area contributed by atoms with Crippen LogP contribution >= 0.6 is 11.5 Å². The maximum absolute atomic E-state index is 12.7. The van der Waals surface area contributed by atoms with Crippen LogP contribution in [0.4, 0.5) is 13.2 Å². The minimum absolute atomic E-state index is 0.102. The average molecular weight is 371 g/mol. The predicted molar refractivity (Wildman–Crippen MR) is 97.9 cm³/mol. The molecular weight excluding hydrogens is 359 g/mol. The van der Waals surface area contributed by atoms with E-state index < -0.39 is 11.7 Å². The first-order valence-electron chi connectivity index (χ1n) is 7.83. The topological polar surface area (TPSA) is 22.0 Å². The van der Waals surface area contributed by atoms with E-state index in [1.807, 2.05) is 30.3 Å². The lowest BCUT2D eigenvalue weighted by molar-refractivity contribution is -0.137. The molecule has 4 rings (SSSR count). The van der Waals surface area contributed by atoms with Crippen molar-refractivity contribution < 1.29 is 13.2 Å². The van der Waals surface area contributed by atoms with Gasteiger partial charge in [0.25, 0.3) is 5.56 Å². The summed E-state index contributed by atoms with van der Waals surface area (Å²) < 4.78 is 40.6. The van der Waals surface area contributed by atoms with Gasteiger partial charge in [-0.25, -0.2) is 3.96 Å². The molecule has 0 amide bonds. The first-order chi connectivity index (χ1) is 12.4. The molecule has 0 bridgehead atoms. The first-order valence-corrected chi connectivity index (χ1v) is 8.60. The molecule has 0 aliphatic carbocycles. The summed E-state index contributed by atoms with van der Waals surface area (Å²) in [4.78, 5) is 12.6. The molecule has 3 aromatic carbocycles. The van der Waals surface area contributed by atoms with E-state index in [9.17, 15) is 18.0 Å². The second-order valence-electron chi connectivity index (χ2n) is 5.81. The van der Waals surface area contributed by atoms with Gasteiger partial charge in [-0.3, -0.25) is 4.79 Å². The van der Waals surface area contributed by atoms with E-state index in [4.69, 9.17) is 0 Å². The molecule has 0 atom stereocenters. The van der Waals surface area contributed by atoms with Gasteiger partial charge in [0, 0.05) is 0 Å². The van der Waals surface area contributed by atoms with Crippen molar-refractivity contribution in [2.24, 2.45) is 0 Å². The zero-order chi connectivity index (χ0) is 18.3. The lowest BCUT2D eigenvalue weighted by Gasteiger charge is -2.09. The molecule has 0 radical (unpaired) electrons. The van der Waals surface area contributed by atoms with E-state index in [0.717, 1.165) is 22.4 Å². The van der Waals surface area contributed by atoms with Gasteiger partial charge in [-0.05, 0) is 47.5 Å². The van der Waals surface area contributed by atoms with Gasteiger partial charge in [0.05, 0.1) is 21.3 Å². The third-order valence-electron chi connectivity index (χ3n) is 4.12. The molecule has 0 unspecified atom stereocenters. The highest BCUT2D eigenvalue weighted by Gasteiger charge is 2.29. The Morgan fingerprint density at radius 3 is 2.23 bits per heavy atom. The molecule has 1 aromatic heterocycles. The van der Waals surface area contributed by atoms with Crippen molar-refractivity contribution in [1.82, 2.24) is 3.96 Å². The average Bonchev–Trinajstić information content (AvgIpc) is 2.98. The van der Waals surface area contributed by atoms with Crippen LogP contribution in [-0.2, 0) is 6.18 Å². The highest BCUT2D eigenvalue weighted by molar-refractivity contribution is 7.14. The molecule has 6 heteroatoms. The van der Waals surface area contributed by atoms with Crippen LogP contribution in [0.2, 0.25) is 0 Å². The minimum Gasteiger partial charge on any atom is -0.267 e. The fraction of sp³-hybridized carbons (Fsp3) is 0.0500. The zero-order valence-electron chi connectivity index (χ0n) is 13.3. The van der Waals surface area contributed by atoms with Gasteiger partial charge in [0.2, 0.25) is 0 Å².